The number of carbonyl (C=O) groups is 2. The summed E-state index contributed by atoms with van der Waals surface area (Å²) in [6.45, 7) is 2.65. The van der Waals surface area contributed by atoms with Gasteiger partial charge in [0.15, 0.2) is 0 Å². The van der Waals surface area contributed by atoms with E-state index in [2.05, 4.69) is 12.2 Å². The van der Waals surface area contributed by atoms with Crippen molar-refractivity contribution in [2.24, 2.45) is 23.2 Å². The second kappa shape index (κ2) is 4.22. The summed E-state index contributed by atoms with van der Waals surface area (Å²) in [4.78, 5) is 25.7. The van der Waals surface area contributed by atoms with E-state index in [4.69, 9.17) is 0 Å². The van der Waals surface area contributed by atoms with Gasteiger partial charge in [0.1, 0.15) is 0 Å². The fraction of sp³-hybridized carbons (Fsp3) is 0.875. The van der Waals surface area contributed by atoms with Crippen molar-refractivity contribution in [2.45, 2.75) is 51.5 Å². The smallest absolute Gasteiger partial charge is 0.242 e. The van der Waals surface area contributed by atoms with Gasteiger partial charge in [0.05, 0.1) is 13.1 Å². The van der Waals surface area contributed by atoms with Crippen LogP contribution in [0.15, 0.2) is 0 Å². The molecular formula is C16H24N2O2. The molecular weight excluding hydrogens is 252 g/mol. The molecule has 4 saturated carbocycles. The normalized spacial score (nSPS) is 44.6. The Hall–Kier alpha value is -1.06. The first-order chi connectivity index (χ1) is 9.56. The van der Waals surface area contributed by atoms with Crippen LogP contribution < -0.4 is 5.32 Å². The van der Waals surface area contributed by atoms with Gasteiger partial charge >= 0.3 is 0 Å². The summed E-state index contributed by atoms with van der Waals surface area (Å²) in [6, 6.07) is 0.231. The molecule has 1 atom stereocenters. The van der Waals surface area contributed by atoms with Crippen LogP contribution in [0.1, 0.15) is 45.4 Å². The summed E-state index contributed by atoms with van der Waals surface area (Å²) in [7, 11) is 0. The first kappa shape index (κ1) is 12.7. The molecule has 4 nitrogen and oxygen atoms in total. The molecule has 4 bridgehead atoms. The van der Waals surface area contributed by atoms with Crippen molar-refractivity contribution in [3.63, 3.8) is 0 Å². The van der Waals surface area contributed by atoms with Gasteiger partial charge in [0, 0.05) is 6.04 Å². The molecule has 0 aromatic rings. The maximum atomic E-state index is 12.2. The Kier molecular flexibility index (Phi) is 2.67. The molecule has 1 N–H and O–H groups in total. The van der Waals surface area contributed by atoms with E-state index < -0.39 is 0 Å². The van der Waals surface area contributed by atoms with Gasteiger partial charge in [-0.3, -0.25) is 9.59 Å². The molecule has 5 aliphatic rings. The molecule has 20 heavy (non-hydrogen) atoms. The van der Waals surface area contributed by atoms with Crippen LogP contribution in [-0.4, -0.2) is 35.8 Å². The molecule has 0 radical (unpaired) electrons. The Morgan fingerprint density at radius 3 is 2.20 bits per heavy atom. The summed E-state index contributed by atoms with van der Waals surface area (Å²) in [5.74, 6) is 2.77. The highest BCUT2D eigenvalue weighted by Gasteiger charge is 2.55. The molecule has 2 amide bonds. The van der Waals surface area contributed by atoms with E-state index in [1.165, 1.54) is 38.5 Å². The molecule has 1 aliphatic heterocycles. The zero-order chi connectivity index (χ0) is 13.9. The maximum absolute atomic E-state index is 12.2. The average Bonchev–Trinajstić information content (AvgIpc) is 2.39. The fourth-order valence-electron chi connectivity index (χ4n) is 5.95. The molecule has 1 unspecified atom stereocenters. The number of hydrogen-bond acceptors (Lipinski definition) is 2. The minimum Gasteiger partial charge on any atom is -0.345 e. The topological polar surface area (TPSA) is 49.4 Å². The van der Waals surface area contributed by atoms with Crippen LogP contribution in [0.5, 0.6) is 0 Å². The van der Waals surface area contributed by atoms with Crippen molar-refractivity contribution in [2.75, 3.05) is 13.1 Å². The van der Waals surface area contributed by atoms with Crippen molar-refractivity contribution in [3.05, 3.63) is 0 Å². The summed E-state index contributed by atoms with van der Waals surface area (Å²) in [6.07, 6.45) is 8.10. The first-order valence-electron chi connectivity index (χ1n) is 8.12. The van der Waals surface area contributed by atoms with Crippen molar-refractivity contribution in [1.82, 2.24) is 10.2 Å². The van der Waals surface area contributed by atoms with Gasteiger partial charge in [-0.15, -0.1) is 0 Å². The molecule has 1 saturated heterocycles. The monoisotopic (exact) mass is 276 g/mol. The third-order valence-electron chi connectivity index (χ3n) is 6.51. The van der Waals surface area contributed by atoms with Gasteiger partial charge < -0.3 is 10.2 Å². The minimum atomic E-state index is 0.00109. The molecule has 0 aromatic heterocycles. The number of nitrogens with zero attached hydrogens (tertiary/aromatic N) is 1. The summed E-state index contributed by atoms with van der Waals surface area (Å²) in [5.41, 5.74) is 0.308. The Labute approximate surface area is 120 Å². The lowest BCUT2D eigenvalue weighted by Crippen LogP contribution is -2.62. The van der Waals surface area contributed by atoms with Crippen LogP contribution in [0.3, 0.4) is 0 Å². The largest absolute Gasteiger partial charge is 0.345 e. The maximum Gasteiger partial charge on any atom is 0.242 e. The Balaban J connectivity index is 1.59. The Bertz CT molecular complexity index is 424. The van der Waals surface area contributed by atoms with E-state index in [9.17, 15) is 9.59 Å². The Morgan fingerprint density at radius 1 is 1.10 bits per heavy atom. The zero-order valence-electron chi connectivity index (χ0n) is 12.2. The van der Waals surface area contributed by atoms with E-state index >= 15 is 0 Å². The second-order valence-corrected chi connectivity index (χ2v) is 7.75. The van der Waals surface area contributed by atoms with E-state index in [1.807, 2.05) is 4.90 Å². The number of carbonyl (C=O) groups excluding carboxylic acids is 2. The SMILES string of the molecule is CC(N1CC(=O)NCC1=O)C12CC3CC(CC(C3)C1)C2. The van der Waals surface area contributed by atoms with Gasteiger partial charge in [-0.1, -0.05) is 0 Å². The van der Waals surface area contributed by atoms with Crippen molar-refractivity contribution in [3.8, 4) is 0 Å². The fourth-order valence-corrected chi connectivity index (χ4v) is 5.95. The quantitative estimate of drug-likeness (QED) is 0.832. The number of rotatable bonds is 2. The van der Waals surface area contributed by atoms with E-state index in [0.29, 0.717) is 5.41 Å². The Morgan fingerprint density at radius 2 is 1.65 bits per heavy atom. The third-order valence-corrected chi connectivity index (χ3v) is 6.51. The molecule has 110 valence electrons. The second-order valence-electron chi connectivity index (χ2n) is 7.75. The van der Waals surface area contributed by atoms with Crippen LogP contribution in [-0.2, 0) is 9.59 Å². The molecule has 4 heteroatoms. The van der Waals surface area contributed by atoms with Crippen LogP contribution in [0.2, 0.25) is 0 Å². The van der Waals surface area contributed by atoms with Gasteiger partial charge in [-0.2, -0.15) is 0 Å². The van der Waals surface area contributed by atoms with Crippen LogP contribution in [0, 0.1) is 23.2 Å². The highest BCUT2D eigenvalue weighted by atomic mass is 16.2. The predicted octanol–water partition coefficient (Wildman–Crippen LogP) is 1.55. The molecule has 1 heterocycles. The standard InChI is InChI=1S/C16H24N2O2/c1-10(18-9-14(19)17-8-15(18)20)16-5-11-2-12(6-16)4-13(3-11)7-16/h10-13H,2-9H2,1H3,(H,17,19). The number of nitrogens with one attached hydrogen (secondary N) is 1. The van der Waals surface area contributed by atoms with E-state index in [-0.39, 0.29) is 30.9 Å². The lowest BCUT2D eigenvalue weighted by Gasteiger charge is -2.60. The third kappa shape index (κ3) is 1.80. The first-order valence-corrected chi connectivity index (χ1v) is 8.12. The van der Waals surface area contributed by atoms with Crippen LogP contribution >= 0.6 is 0 Å². The number of piperazine rings is 1. The van der Waals surface area contributed by atoms with Crippen molar-refractivity contribution in [1.29, 1.82) is 0 Å². The van der Waals surface area contributed by atoms with Crippen molar-refractivity contribution < 1.29 is 9.59 Å². The zero-order valence-corrected chi connectivity index (χ0v) is 12.2. The molecule has 5 rings (SSSR count). The van der Waals surface area contributed by atoms with Gasteiger partial charge in [-0.05, 0) is 68.6 Å². The van der Waals surface area contributed by atoms with E-state index in [0.717, 1.165) is 17.8 Å². The average molecular weight is 276 g/mol. The lowest BCUT2D eigenvalue weighted by molar-refractivity contribution is -0.152. The molecule has 5 fully saturated rings. The predicted molar refractivity (Wildman–Crippen MR) is 74.8 cm³/mol. The summed E-state index contributed by atoms with van der Waals surface area (Å²) < 4.78 is 0. The number of hydrogen-bond donors (Lipinski definition) is 1. The van der Waals surface area contributed by atoms with Gasteiger partial charge in [0.2, 0.25) is 11.8 Å². The molecule has 4 aliphatic carbocycles. The molecule has 0 spiro atoms. The highest BCUT2D eigenvalue weighted by Crippen LogP contribution is 2.61. The minimum absolute atomic E-state index is 0.00109. The summed E-state index contributed by atoms with van der Waals surface area (Å²) in [5, 5.41) is 2.66. The van der Waals surface area contributed by atoms with Gasteiger partial charge in [-0.25, -0.2) is 0 Å². The number of amides is 2. The highest BCUT2D eigenvalue weighted by molar-refractivity contribution is 5.92. The summed E-state index contributed by atoms with van der Waals surface area (Å²) >= 11 is 0. The lowest BCUT2D eigenvalue weighted by atomic mass is 9.47. The van der Waals surface area contributed by atoms with Crippen molar-refractivity contribution >= 4 is 11.8 Å². The van der Waals surface area contributed by atoms with Crippen LogP contribution in [0.4, 0.5) is 0 Å². The van der Waals surface area contributed by atoms with Crippen LogP contribution in [0.25, 0.3) is 0 Å². The molecule has 0 aromatic carbocycles. The van der Waals surface area contributed by atoms with E-state index in [1.54, 1.807) is 0 Å². The van der Waals surface area contributed by atoms with Gasteiger partial charge in [0.25, 0.3) is 0 Å².